The molecule has 3 atom stereocenters. The topological polar surface area (TPSA) is 49.2 Å². The second-order valence-corrected chi connectivity index (χ2v) is 7.77. The summed E-state index contributed by atoms with van der Waals surface area (Å²) in [6.45, 7) is 2.95. The Balaban J connectivity index is 1.48. The van der Waals surface area contributed by atoms with Crippen LogP contribution in [0.4, 0.5) is 4.39 Å². The third kappa shape index (κ3) is 3.38. The van der Waals surface area contributed by atoms with Gasteiger partial charge in [-0.15, -0.1) is 0 Å². The van der Waals surface area contributed by atoms with Crippen molar-refractivity contribution >= 4 is 0 Å². The molecule has 0 aliphatic carbocycles. The molecular weight excluding hydrogens is 329 g/mol. The average molecular weight is 355 g/mol. The van der Waals surface area contributed by atoms with Crippen molar-refractivity contribution < 1.29 is 9.50 Å². The summed E-state index contributed by atoms with van der Waals surface area (Å²) in [5.41, 5.74) is 0.908. The lowest BCUT2D eigenvalue weighted by Gasteiger charge is -2.44. The minimum absolute atomic E-state index is 0.282. The summed E-state index contributed by atoms with van der Waals surface area (Å²) in [5.74, 6) is 0.619. The van der Waals surface area contributed by atoms with Gasteiger partial charge in [0.15, 0.2) is 0 Å². The van der Waals surface area contributed by atoms with E-state index in [9.17, 15) is 9.50 Å². The smallest absolute Gasteiger partial charge is 0.128 e. The highest BCUT2D eigenvalue weighted by molar-refractivity contribution is 5.26. The van der Waals surface area contributed by atoms with E-state index >= 15 is 0 Å². The number of aliphatic hydroxyl groups is 1. The Labute approximate surface area is 154 Å². The Morgan fingerprint density at radius 1 is 1.19 bits per heavy atom. The lowest BCUT2D eigenvalue weighted by molar-refractivity contribution is -0.0597. The minimum Gasteiger partial charge on any atom is -0.385 e. The molecule has 0 spiro atoms. The van der Waals surface area contributed by atoms with E-state index in [-0.39, 0.29) is 5.82 Å². The van der Waals surface area contributed by atoms with Crippen molar-refractivity contribution in [3.05, 3.63) is 59.4 Å². The maximum atomic E-state index is 13.6. The Morgan fingerprint density at radius 2 is 1.88 bits per heavy atom. The number of rotatable bonds is 5. The summed E-state index contributed by atoms with van der Waals surface area (Å²) < 4.78 is 13.6. The van der Waals surface area contributed by atoms with Crippen LogP contribution in [-0.4, -0.2) is 32.1 Å². The normalized spacial score (nSPS) is 28.4. The second kappa shape index (κ2) is 7.05. The van der Waals surface area contributed by atoms with Crippen molar-refractivity contribution in [2.75, 3.05) is 0 Å². The van der Waals surface area contributed by atoms with Crippen molar-refractivity contribution in [1.29, 1.82) is 0 Å². The molecule has 138 valence electrons. The van der Waals surface area contributed by atoms with Crippen LogP contribution < -0.4 is 0 Å². The van der Waals surface area contributed by atoms with Crippen molar-refractivity contribution in [3.63, 3.8) is 0 Å². The molecular formula is C21H26FN3O. The van der Waals surface area contributed by atoms with Crippen LogP contribution in [0.25, 0.3) is 0 Å². The summed E-state index contributed by atoms with van der Waals surface area (Å²) in [7, 11) is 0. The molecule has 1 aromatic carbocycles. The van der Waals surface area contributed by atoms with Gasteiger partial charge in [0.05, 0.1) is 5.60 Å². The SMILES string of the molecule is CCCc1ncc(CN2[C@@H]3CC[C@H]2CC(O)(c2cccc(F)c2)C3)cn1. The minimum atomic E-state index is -0.925. The predicted octanol–water partition coefficient (Wildman–Crippen LogP) is 3.58. The van der Waals surface area contributed by atoms with E-state index in [4.69, 9.17) is 0 Å². The predicted molar refractivity (Wildman–Crippen MR) is 97.9 cm³/mol. The Bertz CT molecular complexity index is 750. The fourth-order valence-electron chi connectivity index (χ4n) is 4.61. The van der Waals surface area contributed by atoms with E-state index < -0.39 is 5.60 Å². The van der Waals surface area contributed by atoms with E-state index in [0.717, 1.165) is 43.6 Å². The van der Waals surface area contributed by atoms with Crippen molar-refractivity contribution in [1.82, 2.24) is 14.9 Å². The number of halogens is 1. The van der Waals surface area contributed by atoms with Crippen LogP contribution >= 0.6 is 0 Å². The van der Waals surface area contributed by atoms with E-state index in [0.29, 0.717) is 30.5 Å². The fourth-order valence-corrected chi connectivity index (χ4v) is 4.61. The maximum Gasteiger partial charge on any atom is 0.128 e. The first-order valence-corrected chi connectivity index (χ1v) is 9.61. The zero-order valence-corrected chi connectivity index (χ0v) is 15.2. The van der Waals surface area contributed by atoms with Gasteiger partial charge >= 0.3 is 0 Å². The summed E-state index contributed by atoms with van der Waals surface area (Å²) in [6, 6.07) is 7.08. The fraction of sp³-hybridized carbons (Fsp3) is 0.524. The van der Waals surface area contributed by atoms with Gasteiger partial charge < -0.3 is 5.11 Å². The molecule has 26 heavy (non-hydrogen) atoms. The van der Waals surface area contributed by atoms with Crippen LogP contribution in [0.1, 0.15) is 56.0 Å². The number of hydrogen-bond acceptors (Lipinski definition) is 4. The maximum absolute atomic E-state index is 13.6. The average Bonchev–Trinajstić information content (AvgIpc) is 2.87. The van der Waals surface area contributed by atoms with Crippen LogP contribution in [0.5, 0.6) is 0 Å². The summed E-state index contributed by atoms with van der Waals surface area (Å²) in [6.07, 6.45) is 9.30. The summed E-state index contributed by atoms with van der Waals surface area (Å²) in [4.78, 5) is 11.4. The van der Waals surface area contributed by atoms with Crippen LogP contribution in [0.15, 0.2) is 36.7 Å². The van der Waals surface area contributed by atoms with Crippen LogP contribution in [0.2, 0.25) is 0 Å². The van der Waals surface area contributed by atoms with Gasteiger partial charge in [0, 0.05) is 43.0 Å². The van der Waals surface area contributed by atoms with Gasteiger partial charge in [0.1, 0.15) is 11.6 Å². The highest BCUT2D eigenvalue weighted by atomic mass is 19.1. The zero-order valence-electron chi connectivity index (χ0n) is 15.2. The quantitative estimate of drug-likeness (QED) is 0.891. The lowest BCUT2D eigenvalue weighted by atomic mass is 9.80. The van der Waals surface area contributed by atoms with E-state index in [1.165, 1.54) is 12.1 Å². The molecule has 0 radical (unpaired) electrons. The highest BCUT2D eigenvalue weighted by Gasteiger charge is 2.48. The van der Waals surface area contributed by atoms with Crippen LogP contribution in [0, 0.1) is 5.82 Å². The third-order valence-electron chi connectivity index (χ3n) is 5.88. The lowest BCUT2D eigenvalue weighted by Crippen LogP contribution is -2.49. The molecule has 1 unspecified atom stereocenters. The molecule has 2 saturated heterocycles. The first-order valence-electron chi connectivity index (χ1n) is 9.61. The number of benzene rings is 1. The van der Waals surface area contributed by atoms with Gasteiger partial charge in [-0.05, 0) is 49.8 Å². The molecule has 1 aromatic heterocycles. The molecule has 1 N–H and O–H groups in total. The van der Waals surface area contributed by atoms with E-state index in [2.05, 4.69) is 21.8 Å². The first kappa shape index (κ1) is 17.6. The molecule has 3 heterocycles. The molecule has 2 aliphatic rings. The Kier molecular flexibility index (Phi) is 4.76. The summed E-state index contributed by atoms with van der Waals surface area (Å²) in [5, 5.41) is 11.2. The van der Waals surface area contributed by atoms with Gasteiger partial charge in [-0.2, -0.15) is 0 Å². The standard InChI is InChI=1S/C21H26FN3O/c1-2-4-20-23-12-15(13-24-20)14-25-18-7-8-19(25)11-21(26,10-18)16-5-3-6-17(22)9-16/h3,5-6,9,12-13,18-19,26H,2,4,7-8,10-11,14H2,1H3/t18-,19+,21?. The number of aromatic nitrogens is 2. The molecule has 0 amide bonds. The Hall–Kier alpha value is -1.85. The van der Waals surface area contributed by atoms with E-state index in [1.807, 2.05) is 18.5 Å². The monoisotopic (exact) mass is 355 g/mol. The van der Waals surface area contributed by atoms with Crippen LogP contribution in [0.3, 0.4) is 0 Å². The van der Waals surface area contributed by atoms with Crippen molar-refractivity contribution in [3.8, 4) is 0 Å². The summed E-state index contributed by atoms with van der Waals surface area (Å²) >= 11 is 0. The molecule has 2 aromatic rings. The first-order chi connectivity index (χ1) is 12.6. The number of aryl methyl sites for hydroxylation is 1. The van der Waals surface area contributed by atoms with Gasteiger partial charge in [0.2, 0.25) is 0 Å². The second-order valence-electron chi connectivity index (χ2n) is 7.77. The number of piperidine rings is 1. The third-order valence-corrected chi connectivity index (χ3v) is 5.88. The molecule has 5 heteroatoms. The molecule has 4 rings (SSSR count). The highest BCUT2D eigenvalue weighted by Crippen LogP contribution is 2.46. The largest absolute Gasteiger partial charge is 0.385 e. The number of fused-ring (bicyclic) bond motifs is 2. The molecule has 2 bridgehead atoms. The van der Waals surface area contributed by atoms with E-state index in [1.54, 1.807) is 6.07 Å². The van der Waals surface area contributed by atoms with Crippen molar-refractivity contribution in [2.45, 2.75) is 69.7 Å². The van der Waals surface area contributed by atoms with Gasteiger partial charge in [0.25, 0.3) is 0 Å². The van der Waals surface area contributed by atoms with Gasteiger partial charge in [-0.25, -0.2) is 14.4 Å². The van der Waals surface area contributed by atoms with Crippen LogP contribution in [-0.2, 0) is 18.6 Å². The van der Waals surface area contributed by atoms with Gasteiger partial charge in [-0.3, -0.25) is 4.90 Å². The molecule has 4 nitrogen and oxygen atoms in total. The van der Waals surface area contributed by atoms with Gasteiger partial charge in [-0.1, -0.05) is 19.1 Å². The zero-order chi connectivity index (χ0) is 18.1. The molecule has 2 fully saturated rings. The van der Waals surface area contributed by atoms with Crippen molar-refractivity contribution in [2.24, 2.45) is 0 Å². The number of nitrogens with zero attached hydrogens (tertiary/aromatic N) is 3. The molecule has 0 saturated carbocycles. The molecule has 2 aliphatic heterocycles. The number of hydrogen-bond donors (Lipinski definition) is 1. The Morgan fingerprint density at radius 3 is 2.50 bits per heavy atom.